The number of likely N-dealkylation sites (tertiary alicyclic amines) is 1. The number of carbonyl (C=O) groups is 4. The number of aryl methyl sites for hydroxylation is 1. The zero-order valence-corrected chi connectivity index (χ0v) is 49.5. The molecule has 10 rings (SSSR count). The molecule has 436 valence electrons. The molecule has 6 heterocycles. The highest BCUT2D eigenvalue weighted by Crippen LogP contribution is 2.58. The summed E-state index contributed by atoms with van der Waals surface area (Å²) in [7, 11) is -4.00. The van der Waals surface area contributed by atoms with Crippen LogP contribution in [0, 0.1) is 17.8 Å². The summed E-state index contributed by atoms with van der Waals surface area (Å²) in [5.41, 5.74) is 1.79. The normalized spacial score (nSPS) is 21.5. The molecule has 5 aromatic rings. The van der Waals surface area contributed by atoms with E-state index in [1.165, 1.54) is 11.2 Å². The Morgan fingerprint density at radius 2 is 1.49 bits per heavy atom. The Hall–Kier alpha value is -6.45. The summed E-state index contributed by atoms with van der Waals surface area (Å²) in [6.45, 7) is 12.1. The average Bonchev–Trinajstić information content (AvgIpc) is 1.56. The van der Waals surface area contributed by atoms with Crippen molar-refractivity contribution in [2.24, 2.45) is 10.8 Å². The molecule has 0 radical (unpaired) electrons. The second-order valence-electron chi connectivity index (χ2n) is 23.6. The van der Waals surface area contributed by atoms with Gasteiger partial charge in [-0.2, -0.15) is 9.29 Å². The summed E-state index contributed by atoms with van der Waals surface area (Å²) in [5, 5.41) is 15.4. The van der Waals surface area contributed by atoms with Crippen molar-refractivity contribution in [2.45, 2.75) is 110 Å². The molecule has 0 unspecified atom stereocenters. The van der Waals surface area contributed by atoms with E-state index in [1.54, 1.807) is 58.0 Å². The molecule has 2 aromatic carbocycles. The SMILES string of the molecule is CC(=O)c1c(C)c2cnc(Nc3ccc(N4CCN(C(=O)CCOCCC(=O)N5CCN(S(=O)(=O)C[C@@H](N6C(=O)[C@]7(C=C(O)C7)C[C@H](c7cccc(Cl)c7)[C@H]6c6ccc(Cl)cc6)C(C)(C)C)CC5)CC4)cn3)nc2n(C2CCCC2)c1=O. The molecule has 22 heteroatoms. The number of anilines is 3. The first-order valence-electron chi connectivity index (χ1n) is 28.4. The molecule has 3 aromatic heterocycles. The minimum Gasteiger partial charge on any atom is -0.513 e. The summed E-state index contributed by atoms with van der Waals surface area (Å²) in [6, 6.07) is 17.2. The Labute approximate surface area is 488 Å². The number of amides is 3. The summed E-state index contributed by atoms with van der Waals surface area (Å²) < 4.78 is 38.1. The number of ether oxygens (including phenoxy) is 1. The van der Waals surface area contributed by atoms with Crippen LogP contribution < -0.4 is 15.8 Å². The van der Waals surface area contributed by atoms with Gasteiger partial charge in [0.25, 0.3) is 5.56 Å². The molecule has 3 saturated heterocycles. The maximum atomic E-state index is 15.1. The minimum atomic E-state index is -4.00. The number of sulfonamides is 1. The molecule has 2 aliphatic carbocycles. The number of nitrogens with zero attached hydrogens (tertiary/aromatic N) is 9. The lowest BCUT2D eigenvalue weighted by Gasteiger charge is -2.56. The van der Waals surface area contributed by atoms with Gasteiger partial charge in [0.1, 0.15) is 11.5 Å². The molecule has 3 aliphatic heterocycles. The third kappa shape index (κ3) is 12.3. The van der Waals surface area contributed by atoms with Crippen LogP contribution in [0.1, 0.15) is 124 Å². The second kappa shape index (κ2) is 24.0. The number of hydrogen-bond acceptors (Lipinski definition) is 14. The Morgan fingerprint density at radius 1 is 0.841 bits per heavy atom. The van der Waals surface area contributed by atoms with Crippen molar-refractivity contribution in [1.82, 2.24) is 38.5 Å². The van der Waals surface area contributed by atoms with Crippen LogP contribution in [-0.4, -0.2) is 153 Å². The van der Waals surface area contributed by atoms with Gasteiger partial charge >= 0.3 is 0 Å². The number of Topliss-reactive ketones (excluding diaryl/α,β-unsaturated/α-hetero) is 1. The number of aliphatic hydroxyl groups excluding tert-OH is 1. The van der Waals surface area contributed by atoms with Crippen molar-refractivity contribution in [3.8, 4) is 0 Å². The van der Waals surface area contributed by atoms with Gasteiger partial charge in [0.15, 0.2) is 5.78 Å². The Balaban J connectivity index is 0.686. The standard InChI is InChI=1S/C60H72Cl2N10O9S/c1-38-48-36-64-58(66-55(48)71(44-11-6-7-12-44)56(77)53(38)39(2)73)65-50-18-17-45(35-63-50)67-21-23-68(24-22-67)51(75)19-29-81-30-20-52(76)69-25-27-70(28-26-69)82(79,80)37-49(59(3,4)5)72-54(40-13-15-42(61)16-14-40)47(41-9-8-10-43(62)31-41)34-60(57(72)78)32-46(74)33-60/h8-10,13-18,31-32,35-36,44,47,49,54,74H,6-7,11-12,19-30,33-34,37H2,1-5H3,(H,63,64,65,66)/t47-,49-,54-,60+/m1/s1. The number of rotatable bonds is 17. The van der Waals surface area contributed by atoms with Crippen molar-refractivity contribution < 1.29 is 37.4 Å². The first-order valence-corrected chi connectivity index (χ1v) is 30.7. The number of allylic oxidation sites excluding steroid dienone is 1. The summed E-state index contributed by atoms with van der Waals surface area (Å²) in [4.78, 5) is 89.1. The van der Waals surface area contributed by atoms with Gasteiger partial charge in [-0.05, 0) is 97.7 Å². The van der Waals surface area contributed by atoms with Gasteiger partial charge in [-0.3, -0.25) is 28.5 Å². The van der Waals surface area contributed by atoms with Gasteiger partial charge in [0.05, 0.1) is 72.5 Å². The molecule has 1 saturated carbocycles. The number of aromatic nitrogens is 4. The molecule has 4 fully saturated rings. The monoisotopic (exact) mass is 1180 g/mol. The number of benzene rings is 2. The van der Waals surface area contributed by atoms with Gasteiger partial charge in [0.2, 0.25) is 33.7 Å². The molecule has 1 spiro atoms. The van der Waals surface area contributed by atoms with E-state index >= 15 is 4.79 Å². The van der Waals surface area contributed by atoms with Crippen molar-refractivity contribution in [2.75, 3.05) is 81.5 Å². The zero-order chi connectivity index (χ0) is 58.3. The number of hydrogen-bond donors (Lipinski definition) is 2. The molecule has 82 heavy (non-hydrogen) atoms. The molecule has 4 atom stereocenters. The lowest BCUT2D eigenvalue weighted by Crippen LogP contribution is -2.62. The van der Waals surface area contributed by atoms with Gasteiger partial charge in [-0.15, -0.1) is 0 Å². The molecule has 0 bridgehead atoms. The Kier molecular flexibility index (Phi) is 17.2. The summed E-state index contributed by atoms with van der Waals surface area (Å²) in [5.74, 6) is -0.447. The third-order valence-corrected chi connectivity index (χ3v) is 19.6. The molecule has 19 nitrogen and oxygen atoms in total. The molecule has 5 aliphatic rings. The lowest BCUT2D eigenvalue weighted by molar-refractivity contribution is -0.157. The lowest BCUT2D eigenvalue weighted by atomic mass is 9.61. The molecular formula is C60H72Cl2N10O9S. The quantitative estimate of drug-likeness (QED) is 0.0657. The topological polar surface area (TPSA) is 221 Å². The number of nitrogens with one attached hydrogen (secondary N) is 1. The first kappa shape index (κ1) is 58.7. The summed E-state index contributed by atoms with van der Waals surface area (Å²) >= 11 is 12.9. The Morgan fingerprint density at radius 3 is 2.07 bits per heavy atom. The summed E-state index contributed by atoms with van der Waals surface area (Å²) in [6.07, 6.45) is 9.53. The van der Waals surface area contributed by atoms with E-state index in [1.807, 2.05) is 68.1 Å². The number of piperazine rings is 2. The van der Waals surface area contributed by atoms with E-state index in [4.69, 9.17) is 32.9 Å². The van der Waals surface area contributed by atoms with Crippen LogP contribution in [0.4, 0.5) is 17.5 Å². The Bertz CT molecular complexity index is 3440. The maximum Gasteiger partial charge on any atom is 0.263 e. The van der Waals surface area contributed by atoms with E-state index in [-0.39, 0.29) is 123 Å². The maximum absolute atomic E-state index is 15.1. The number of pyridine rings is 2. The van der Waals surface area contributed by atoms with E-state index in [0.717, 1.165) is 42.5 Å². The number of aliphatic hydroxyl groups is 1. The van der Waals surface area contributed by atoms with Crippen LogP contribution in [0.15, 0.2) is 89.7 Å². The highest BCUT2D eigenvalue weighted by Gasteiger charge is 2.58. The van der Waals surface area contributed by atoms with E-state index in [2.05, 4.69) is 20.2 Å². The van der Waals surface area contributed by atoms with E-state index in [9.17, 15) is 32.7 Å². The first-order chi connectivity index (χ1) is 39.1. The minimum absolute atomic E-state index is 0.0326. The zero-order valence-electron chi connectivity index (χ0n) is 47.2. The predicted molar refractivity (Wildman–Crippen MR) is 315 cm³/mol. The van der Waals surface area contributed by atoms with Crippen molar-refractivity contribution in [1.29, 1.82) is 0 Å². The number of ketones is 1. The molecular weight excluding hydrogens is 1110 g/mol. The number of fused-ring (bicyclic) bond motifs is 1. The fourth-order valence-electron chi connectivity index (χ4n) is 12.8. The van der Waals surface area contributed by atoms with Gasteiger partial charge in [-0.1, -0.05) is 81.1 Å². The van der Waals surface area contributed by atoms with Gasteiger partial charge < -0.3 is 34.8 Å². The van der Waals surface area contributed by atoms with E-state index < -0.39 is 32.9 Å². The fraction of sp³-hybridized carbons (Fsp3) is 0.500. The number of halogens is 2. The van der Waals surface area contributed by atoms with Crippen LogP contribution in [0.3, 0.4) is 0 Å². The van der Waals surface area contributed by atoms with E-state index in [0.29, 0.717) is 65.1 Å². The number of carbonyl (C=O) groups excluding carboxylic acids is 4. The third-order valence-electron chi connectivity index (χ3n) is 17.2. The number of piperidine rings is 1. The van der Waals surface area contributed by atoms with Crippen molar-refractivity contribution in [3.63, 3.8) is 0 Å². The largest absolute Gasteiger partial charge is 0.513 e. The smallest absolute Gasteiger partial charge is 0.263 e. The molecule has 3 amide bonds. The van der Waals surface area contributed by atoms with Gasteiger partial charge in [0, 0.05) is 92.4 Å². The van der Waals surface area contributed by atoms with Gasteiger partial charge in [-0.25, -0.2) is 18.4 Å². The fourth-order valence-corrected chi connectivity index (χ4v) is 15.1. The highest BCUT2D eigenvalue weighted by atomic mass is 35.5. The predicted octanol–water partition coefficient (Wildman–Crippen LogP) is 8.79. The molecule has 2 N–H and O–H groups in total. The van der Waals surface area contributed by atoms with Crippen molar-refractivity contribution in [3.05, 3.63) is 128 Å². The van der Waals surface area contributed by atoms with Crippen LogP contribution in [-0.2, 0) is 29.1 Å². The van der Waals surface area contributed by atoms with Crippen LogP contribution in [0.25, 0.3) is 11.0 Å². The average molecular weight is 1180 g/mol. The second-order valence-corrected chi connectivity index (χ2v) is 26.5. The van der Waals surface area contributed by atoms with Crippen LogP contribution >= 0.6 is 23.2 Å². The highest BCUT2D eigenvalue weighted by molar-refractivity contribution is 7.89. The van der Waals surface area contributed by atoms with Crippen molar-refractivity contribution >= 4 is 85.2 Å². The van der Waals surface area contributed by atoms with Crippen LogP contribution in [0.2, 0.25) is 10.0 Å². The van der Waals surface area contributed by atoms with Crippen LogP contribution in [0.5, 0.6) is 0 Å².